The van der Waals surface area contributed by atoms with Gasteiger partial charge in [0.05, 0.1) is 0 Å². The number of ether oxygens (including phenoxy) is 1. The Kier molecular flexibility index (Phi) is 7.25. The van der Waals surface area contributed by atoms with E-state index in [1.165, 1.54) is 0 Å². The van der Waals surface area contributed by atoms with Crippen LogP contribution in [0.5, 0.6) is 5.75 Å². The van der Waals surface area contributed by atoms with Crippen LogP contribution in [0.15, 0.2) is 12.1 Å². The standard InChI is InChI=1S/C20H29N3O5/c1-5-21(6-2)20(27)23-9-7-22(8-10-23)19(26)16-11-14(3)18(15(4)12-16)28-13-17(24)25/h11-12H,5-10,13H2,1-4H3,(H,24,25). The van der Waals surface area contributed by atoms with E-state index in [9.17, 15) is 14.4 Å². The number of rotatable bonds is 6. The van der Waals surface area contributed by atoms with Crippen LogP contribution in [0.4, 0.5) is 4.79 Å². The highest BCUT2D eigenvalue weighted by atomic mass is 16.5. The average molecular weight is 391 g/mol. The molecule has 154 valence electrons. The van der Waals surface area contributed by atoms with Crippen LogP contribution in [0.25, 0.3) is 0 Å². The van der Waals surface area contributed by atoms with Crippen molar-refractivity contribution in [1.29, 1.82) is 0 Å². The predicted octanol–water partition coefficient (Wildman–Crippen LogP) is 1.99. The molecule has 28 heavy (non-hydrogen) atoms. The van der Waals surface area contributed by atoms with Crippen LogP contribution < -0.4 is 4.74 Å². The molecule has 0 bridgehead atoms. The quantitative estimate of drug-likeness (QED) is 0.801. The van der Waals surface area contributed by atoms with Crippen LogP contribution in [0.1, 0.15) is 35.3 Å². The van der Waals surface area contributed by atoms with Gasteiger partial charge in [-0.05, 0) is 51.0 Å². The van der Waals surface area contributed by atoms with E-state index in [0.717, 1.165) is 11.1 Å². The van der Waals surface area contributed by atoms with Crippen molar-refractivity contribution < 1.29 is 24.2 Å². The molecule has 1 fully saturated rings. The lowest BCUT2D eigenvalue weighted by Gasteiger charge is -2.37. The number of carboxylic acids is 1. The molecule has 8 heteroatoms. The summed E-state index contributed by atoms with van der Waals surface area (Å²) in [4.78, 5) is 41.3. The molecule has 1 N–H and O–H groups in total. The summed E-state index contributed by atoms with van der Waals surface area (Å²) in [6, 6.07) is 3.46. The van der Waals surface area contributed by atoms with Crippen molar-refractivity contribution in [2.24, 2.45) is 0 Å². The van der Waals surface area contributed by atoms with Crippen LogP contribution in [0, 0.1) is 13.8 Å². The molecule has 0 radical (unpaired) electrons. The average Bonchev–Trinajstić information content (AvgIpc) is 2.67. The Labute approximate surface area is 165 Å². The van der Waals surface area contributed by atoms with Gasteiger partial charge >= 0.3 is 12.0 Å². The Morgan fingerprint density at radius 2 is 1.50 bits per heavy atom. The molecule has 3 amide bonds. The third-order valence-electron chi connectivity index (χ3n) is 4.92. The van der Waals surface area contributed by atoms with Gasteiger partial charge in [0.2, 0.25) is 0 Å². The second-order valence-electron chi connectivity index (χ2n) is 6.86. The number of hydrogen-bond donors (Lipinski definition) is 1. The topological polar surface area (TPSA) is 90.4 Å². The zero-order valence-corrected chi connectivity index (χ0v) is 17.0. The molecule has 0 aliphatic carbocycles. The predicted molar refractivity (Wildman–Crippen MR) is 105 cm³/mol. The summed E-state index contributed by atoms with van der Waals surface area (Å²) >= 11 is 0. The molecule has 0 unspecified atom stereocenters. The van der Waals surface area contributed by atoms with Gasteiger partial charge in [0.15, 0.2) is 6.61 Å². The lowest BCUT2D eigenvalue weighted by atomic mass is 10.0. The van der Waals surface area contributed by atoms with Gasteiger partial charge in [-0.15, -0.1) is 0 Å². The molecule has 8 nitrogen and oxygen atoms in total. The number of benzene rings is 1. The van der Waals surface area contributed by atoms with E-state index in [1.807, 2.05) is 13.8 Å². The number of carbonyl (C=O) groups excluding carboxylic acids is 2. The summed E-state index contributed by atoms with van der Waals surface area (Å²) in [6.07, 6.45) is 0. The number of urea groups is 1. The Hall–Kier alpha value is -2.77. The van der Waals surface area contributed by atoms with E-state index in [4.69, 9.17) is 9.84 Å². The minimum atomic E-state index is -1.05. The van der Waals surface area contributed by atoms with Crippen LogP contribution in [-0.2, 0) is 4.79 Å². The number of carbonyl (C=O) groups is 3. The van der Waals surface area contributed by atoms with Crippen molar-refractivity contribution in [2.75, 3.05) is 45.9 Å². The first kappa shape index (κ1) is 21.5. The fourth-order valence-electron chi connectivity index (χ4n) is 3.41. The van der Waals surface area contributed by atoms with Crippen molar-refractivity contribution in [3.8, 4) is 5.75 Å². The molecular formula is C20H29N3O5. The minimum absolute atomic E-state index is 0.0173. The van der Waals surface area contributed by atoms with Gasteiger partial charge in [-0.3, -0.25) is 4.79 Å². The maximum atomic E-state index is 12.9. The van der Waals surface area contributed by atoms with Gasteiger partial charge in [-0.1, -0.05) is 0 Å². The normalized spacial score (nSPS) is 14.0. The van der Waals surface area contributed by atoms with Gasteiger partial charge in [0.1, 0.15) is 5.75 Å². The molecule has 0 atom stereocenters. The smallest absolute Gasteiger partial charge is 0.341 e. The van der Waals surface area contributed by atoms with Gasteiger partial charge in [0, 0.05) is 44.8 Å². The zero-order valence-electron chi connectivity index (χ0n) is 17.0. The van der Waals surface area contributed by atoms with E-state index in [0.29, 0.717) is 50.6 Å². The van der Waals surface area contributed by atoms with Crippen LogP contribution >= 0.6 is 0 Å². The number of nitrogens with zero attached hydrogens (tertiary/aromatic N) is 3. The fourth-order valence-corrected chi connectivity index (χ4v) is 3.41. The van der Waals surface area contributed by atoms with Crippen LogP contribution in [0.2, 0.25) is 0 Å². The molecule has 1 saturated heterocycles. The lowest BCUT2D eigenvalue weighted by molar-refractivity contribution is -0.139. The van der Waals surface area contributed by atoms with Crippen molar-refractivity contribution in [2.45, 2.75) is 27.7 Å². The maximum absolute atomic E-state index is 12.9. The SMILES string of the molecule is CCN(CC)C(=O)N1CCN(C(=O)c2cc(C)c(OCC(=O)O)c(C)c2)CC1. The van der Waals surface area contributed by atoms with E-state index in [1.54, 1.807) is 40.7 Å². The summed E-state index contributed by atoms with van der Waals surface area (Å²) in [5.74, 6) is -0.643. The number of piperazine rings is 1. The third kappa shape index (κ3) is 4.94. The monoisotopic (exact) mass is 391 g/mol. The largest absolute Gasteiger partial charge is 0.481 e. The highest BCUT2D eigenvalue weighted by Crippen LogP contribution is 2.26. The number of hydrogen-bond acceptors (Lipinski definition) is 4. The number of amides is 3. The summed E-state index contributed by atoms with van der Waals surface area (Å²) in [5.41, 5.74) is 1.99. The van der Waals surface area contributed by atoms with E-state index in [2.05, 4.69) is 0 Å². The van der Waals surface area contributed by atoms with E-state index < -0.39 is 12.6 Å². The van der Waals surface area contributed by atoms with Crippen molar-refractivity contribution in [1.82, 2.24) is 14.7 Å². The van der Waals surface area contributed by atoms with Gasteiger partial charge in [-0.2, -0.15) is 0 Å². The number of aryl methyl sites for hydroxylation is 2. The first-order valence-electron chi connectivity index (χ1n) is 9.57. The Balaban J connectivity index is 2.03. The maximum Gasteiger partial charge on any atom is 0.341 e. The second-order valence-corrected chi connectivity index (χ2v) is 6.86. The molecule has 1 aromatic carbocycles. The zero-order chi connectivity index (χ0) is 20.8. The molecule has 0 saturated carbocycles. The third-order valence-corrected chi connectivity index (χ3v) is 4.92. The first-order chi connectivity index (χ1) is 13.3. The Morgan fingerprint density at radius 1 is 1.00 bits per heavy atom. The Morgan fingerprint density at radius 3 is 1.96 bits per heavy atom. The molecule has 1 heterocycles. The van der Waals surface area contributed by atoms with Crippen molar-refractivity contribution in [3.05, 3.63) is 28.8 Å². The van der Waals surface area contributed by atoms with Crippen molar-refractivity contribution >= 4 is 17.9 Å². The van der Waals surface area contributed by atoms with Crippen molar-refractivity contribution in [3.63, 3.8) is 0 Å². The van der Waals surface area contributed by atoms with Gasteiger partial charge < -0.3 is 24.5 Å². The lowest BCUT2D eigenvalue weighted by Crippen LogP contribution is -2.54. The molecule has 1 aliphatic rings. The summed E-state index contributed by atoms with van der Waals surface area (Å²) in [7, 11) is 0. The fraction of sp³-hybridized carbons (Fsp3) is 0.550. The van der Waals surface area contributed by atoms with Crippen LogP contribution in [0.3, 0.4) is 0 Å². The number of aliphatic carboxylic acids is 1. The summed E-state index contributed by atoms with van der Waals surface area (Å²) < 4.78 is 5.32. The van der Waals surface area contributed by atoms with E-state index in [-0.39, 0.29) is 11.9 Å². The molecule has 1 aliphatic heterocycles. The molecule has 1 aromatic rings. The summed E-state index contributed by atoms with van der Waals surface area (Å²) in [6.45, 7) is 10.4. The first-order valence-corrected chi connectivity index (χ1v) is 9.57. The molecule has 2 rings (SSSR count). The van der Waals surface area contributed by atoms with Crippen LogP contribution in [-0.4, -0.2) is 83.6 Å². The van der Waals surface area contributed by atoms with Gasteiger partial charge in [0.25, 0.3) is 5.91 Å². The second kappa shape index (κ2) is 9.43. The minimum Gasteiger partial charge on any atom is -0.481 e. The Bertz CT molecular complexity index is 714. The highest BCUT2D eigenvalue weighted by Gasteiger charge is 2.27. The van der Waals surface area contributed by atoms with Gasteiger partial charge in [-0.25, -0.2) is 9.59 Å². The highest BCUT2D eigenvalue weighted by molar-refractivity contribution is 5.95. The number of carboxylic acid groups (broad SMARTS) is 1. The molecule has 0 aromatic heterocycles. The molecule has 0 spiro atoms. The molecular weight excluding hydrogens is 362 g/mol. The van der Waals surface area contributed by atoms with E-state index >= 15 is 0 Å². The summed E-state index contributed by atoms with van der Waals surface area (Å²) in [5, 5.41) is 8.78.